The van der Waals surface area contributed by atoms with Gasteiger partial charge in [-0.05, 0) is 6.92 Å². The van der Waals surface area contributed by atoms with E-state index in [-0.39, 0.29) is 12.5 Å². The lowest BCUT2D eigenvalue weighted by molar-refractivity contribution is -0.0298. The number of terminal acetylenes is 1. The smallest absolute Gasteiger partial charge is 0.290 e. The van der Waals surface area contributed by atoms with Gasteiger partial charge in [0.05, 0.1) is 6.61 Å². The number of phosphoric acid groups is 1. The molecule has 0 saturated carbocycles. The van der Waals surface area contributed by atoms with Gasteiger partial charge in [-0.2, -0.15) is 0 Å². The molecular formula is C8H13O4P. The van der Waals surface area contributed by atoms with Gasteiger partial charge in [0.1, 0.15) is 5.60 Å². The predicted molar refractivity (Wildman–Crippen MR) is 48.1 cm³/mol. The van der Waals surface area contributed by atoms with Crippen LogP contribution in [0.1, 0.15) is 13.8 Å². The first-order chi connectivity index (χ1) is 5.96. The molecule has 4 nitrogen and oxygen atoms in total. The zero-order valence-corrected chi connectivity index (χ0v) is 8.84. The first-order valence-electron chi connectivity index (χ1n) is 3.94. The quantitative estimate of drug-likeness (QED) is 0.482. The van der Waals surface area contributed by atoms with E-state index in [1.54, 1.807) is 6.92 Å². The molecule has 1 rings (SSSR count). The lowest BCUT2D eigenvalue weighted by Crippen LogP contribution is -2.40. The minimum atomic E-state index is -3.41. The van der Waals surface area contributed by atoms with E-state index in [9.17, 15) is 4.57 Å². The van der Waals surface area contributed by atoms with Crippen molar-refractivity contribution in [2.45, 2.75) is 19.4 Å². The second kappa shape index (κ2) is 3.43. The molecule has 1 aliphatic rings. The van der Waals surface area contributed by atoms with Crippen LogP contribution in [0.4, 0.5) is 0 Å². The second-order valence-electron chi connectivity index (χ2n) is 3.17. The molecule has 3 atom stereocenters. The summed E-state index contributed by atoms with van der Waals surface area (Å²) in [6.07, 6.45) is 5.30. The van der Waals surface area contributed by atoms with Crippen LogP contribution < -0.4 is 0 Å². The SMILES string of the molecule is C#CC1(C)OP(=O)(OC)OCC1C. The van der Waals surface area contributed by atoms with Crippen LogP contribution in [0, 0.1) is 18.3 Å². The predicted octanol–water partition coefficient (Wildman–Crippen LogP) is 1.82. The molecule has 1 saturated heterocycles. The maximum Gasteiger partial charge on any atom is 0.476 e. The van der Waals surface area contributed by atoms with Crippen molar-refractivity contribution < 1.29 is 18.1 Å². The van der Waals surface area contributed by atoms with Crippen LogP contribution in [0.2, 0.25) is 0 Å². The summed E-state index contributed by atoms with van der Waals surface area (Å²) in [6.45, 7) is 3.86. The third-order valence-corrected chi connectivity index (χ3v) is 3.75. The third-order valence-electron chi connectivity index (χ3n) is 2.23. The normalized spacial score (nSPS) is 45.5. The van der Waals surface area contributed by atoms with E-state index in [2.05, 4.69) is 10.4 Å². The molecule has 1 heterocycles. The van der Waals surface area contributed by atoms with E-state index in [0.29, 0.717) is 0 Å². The summed E-state index contributed by atoms with van der Waals surface area (Å²) in [5.41, 5.74) is -0.871. The number of hydrogen-bond acceptors (Lipinski definition) is 4. The molecule has 5 heteroatoms. The van der Waals surface area contributed by atoms with E-state index in [1.807, 2.05) is 6.92 Å². The molecule has 1 aliphatic heterocycles. The number of hydrogen-bond donors (Lipinski definition) is 0. The summed E-state index contributed by atoms with van der Waals surface area (Å²) >= 11 is 0. The highest BCUT2D eigenvalue weighted by Crippen LogP contribution is 2.56. The summed E-state index contributed by atoms with van der Waals surface area (Å²) in [6, 6.07) is 0. The van der Waals surface area contributed by atoms with Crippen LogP contribution in [0.25, 0.3) is 0 Å². The van der Waals surface area contributed by atoms with Gasteiger partial charge in [-0.15, -0.1) is 6.42 Å². The number of rotatable bonds is 1. The molecule has 0 spiro atoms. The molecule has 0 aromatic heterocycles. The summed E-state index contributed by atoms with van der Waals surface area (Å²) < 4.78 is 26.3. The van der Waals surface area contributed by atoms with E-state index < -0.39 is 13.4 Å². The van der Waals surface area contributed by atoms with Crippen LogP contribution in [0.15, 0.2) is 0 Å². The van der Waals surface area contributed by atoms with Crippen molar-refractivity contribution in [1.82, 2.24) is 0 Å². The van der Waals surface area contributed by atoms with Crippen LogP contribution >= 0.6 is 7.82 Å². The van der Waals surface area contributed by atoms with Crippen LogP contribution in [0.3, 0.4) is 0 Å². The Morgan fingerprint density at radius 1 is 1.77 bits per heavy atom. The first kappa shape index (κ1) is 10.7. The van der Waals surface area contributed by atoms with Gasteiger partial charge >= 0.3 is 7.82 Å². The minimum Gasteiger partial charge on any atom is -0.290 e. The summed E-state index contributed by atoms with van der Waals surface area (Å²) in [5.74, 6) is 2.46. The van der Waals surface area contributed by atoms with Crippen molar-refractivity contribution in [3.63, 3.8) is 0 Å². The summed E-state index contributed by atoms with van der Waals surface area (Å²) in [7, 11) is -2.14. The van der Waals surface area contributed by atoms with Gasteiger partial charge in [-0.25, -0.2) is 4.57 Å². The lowest BCUT2D eigenvalue weighted by atomic mass is 9.93. The van der Waals surface area contributed by atoms with Gasteiger partial charge < -0.3 is 0 Å². The van der Waals surface area contributed by atoms with Gasteiger partial charge in [-0.3, -0.25) is 13.6 Å². The Kier molecular flexibility index (Phi) is 2.84. The highest BCUT2D eigenvalue weighted by molar-refractivity contribution is 7.48. The highest BCUT2D eigenvalue weighted by atomic mass is 31.2. The van der Waals surface area contributed by atoms with Crippen LogP contribution in [-0.4, -0.2) is 19.3 Å². The third kappa shape index (κ3) is 1.95. The molecule has 0 N–H and O–H groups in total. The first-order valence-corrected chi connectivity index (χ1v) is 5.40. The van der Waals surface area contributed by atoms with E-state index in [4.69, 9.17) is 15.5 Å². The van der Waals surface area contributed by atoms with Gasteiger partial charge in [0.15, 0.2) is 0 Å². The molecule has 0 amide bonds. The fraction of sp³-hybridized carbons (Fsp3) is 0.750. The van der Waals surface area contributed by atoms with Gasteiger partial charge in [0.2, 0.25) is 0 Å². The molecule has 3 unspecified atom stereocenters. The van der Waals surface area contributed by atoms with Crippen molar-refractivity contribution in [1.29, 1.82) is 0 Å². The van der Waals surface area contributed by atoms with E-state index in [1.165, 1.54) is 7.11 Å². The summed E-state index contributed by atoms with van der Waals surface area (Å²) in [5, 5.41) is 0. The van der Waals surface area contributed by atoms with Crippen molar-refractivity contribution in [3.8, 4) is 12.3 Å². The average molecular weight is 204 g/mol. The van der Waals surface area contributed by atoms with Gasteiger partial charge in [-0.1, -0.05) is 12.8 Å². The molecule has 0 bridgehead atoms. The molecule has 74 valence electrons. The maximum atomic E-state index is 11.6. The Hall–Kier alpha value is -0.330. The molecule has 1 fully saturated rings. The molecule has 0 aromatic carbocycles. The van der Waals surface area contributed by atoms with Gasteiger partial charge in [0.25, 0.3) is 0 Å². The average Bonchev–Trinajstić information content (AvgIpc) is 2.12. The zero-order chi connectivity index (χ0) is 10.1. The van der Waals surface area contributed by atoms with Crippen LogP contribution in [-0.2, 0) is 18.1 Å². The van der Waals surface area contributed by atoms with Crippen molar-refractivity contribution in [2.75, 3.05) is 13.7 Å². The molecule has 0 aromatic rings. The summed E-state index contributed by atoms with van der Waals surface area (Å²) in [4.78, 5) is 0. The maximum absolute atomic E-state index is 11.6. The monoisotopic (exact) mass is 204 g/mol. The highest BCUT2D eigenvalue weighted by Gasteiger charge is 2.45. The van der Waals surface area contributed by atoms with Crippen molar-refractivity contribution in [2.24, 2.45) is 5.92 Å². The molecule has 13 heavy (non-hydrogen) atoms. The lowest BCUT2D eigenvalue weighted by Gasteiger charge is -2.37. The Labute approximate surface area is 78.2 Å². The standard InChI is InChI=1S/C8H13O4P/c1-5-8(3)7(2)6-11-13(9,10-4)12-8/h1,7H,6H2,2-4H3. The largest absolute Gasteiger partial charge is 0.476 e. The van der Waals surface area contributed by atoms with Crippen molar-refractivity contribution >= 4 is 7.82 Å². The second-order valence-corrected chi connectivity index (χ2v) is 4.87. The molecule has 0 radical (unpaired) electrons. The Morgan fingerprint density at radius 3 is 2.85 bits per heavy atom. The molecule has 0 aliphatic carbocycles. The zero-order valence-electron chi connectivity index (χ0n) is 7.94. The van der Waals surface area contributed by atoms with Crippen LogP contribution in [0.5, 0.6) is 0 Å². The van der Waals surface area contributed by atoms with Crippen molar-refractivity contribution in [3.05, 3.63) is 0 Å². The van der Waals surface area contributed by atoms with E-state index >= 15 is 0 Å². The Morgan fingerprint density at radius 2 is 2.38 bits per heavy atom. The van der Waals surface area contributed by atoms with Gasteiger partial charge in [0, 0.05) is 13.0 Å². The topological polar surface area (TPSA) is 44.8 Å². The Balaban J connectivity index is 2.88. The van der Waals surface area contributed by atoms with E-state index in [0.717, 1.165) is 0 Å². The number of phosphoric ester groups is 1. The Bertz CT molecular complexity index is 282. The fourth-order valence-corrected chi connectivity index (χ4v) is 2.31. The minimum absolute atomic E-state index is 0.00488. The fourth-order valence-electron chi connectivity index (χ4n) is 0.969. The molecular weight excluding hydrogens is 191 g/mol.